The summed E-state index contributed by atoms with van der Waals surface area (Å²) in [6.45, 7) is 7.74. The number of nitrogens with zero attached hydrogens (tertiary/aromatic N) is 1. The third-order valence-corrected chi connectivity index (χ3v) is 5.83. The molecule has 0 spiro atoms. The minimum atomic E-state index is -0.0832. The van der Waals surface area contributed by atoms with Crippen LogP contribution in [-0.2, 0) is 15.0 Å². The first-order chi connectivity index (χ1) is 13.8. The van der Waals surface area contributed by atoms with Crippen LogP contribution >= 0.6 is 11.8 Å². The number of hydrogen-bond acceptors (Lipinski definition) is 4. The van der Waals surface area contributed by atoms with Crippen LogP contribution in [0.4, 0.5) is 5.69 Å². The molecule has 1 N–H and O–H groups in total. The molecular weight excluding hydrogens is 384 g/mol. The molecule has 0 radical (unpaired) electrons. The molecule has 2 aromatic rings. The van der Waals surface area contributed by atoms with Gasteiger partial charge in [-0.3, -0.25) is 9.59 Å². The summed E-state index contributed by atoms with van der Waals surface area (Å²) in [5.74, 6) is 1.17. The summed E-state index contributed by atoms with van der Waals surface area (Å²) in [5, 5.41) is 2.86. The number of hydrogen-bond donors (Lipinski definition) is 1. The van der Waals surface area contributed by atoms with Gasteiger partial charge < -0.3 is 15.0 Å². The van der Waals surface area contributed by atoms with Crippen molar-refractivity contribution < 1.29 is 14.3 Å². The smallest absolute Gasteiger partial charge is 0.237 e. The van der Waals surface area contributed by atoms with E-state index >= 15 is 0 Å². The molecule has 3 rings (SSSR count). The molecule has 5 nitrogen and oxygen atoms in total. The van der Waals surface area contributed by atoms with Crippen molar-refractivity contribution >= 4 is 29.3 Å². The molecule has 0 aromatic heterocycles. The summed E-state index contributed by atoms with van der Waals surface area (Å²) in [6, 6.07) is 15.9. The van der Waals surface area contributed by atoms with Crippen LogP contribution in [0.3, 0.4) is 0 Å². The number of ether oxygens (including phenoxy) is 1. The number of fused-ring (bicyclic) bond motifs is 1. The first kappa shape index (κ1) is 21.2. The Hall–Kier alpha value is -2.47. The molecule has 2 aromatic carbocycles. The van der Waals surface area contributed by atoms with Crippen molar-refractivity contribution in [1.29, 1.82) is 0 Å². The molecule has 1 aliphatic heterocycles. The summed E-state index contributed by atoms with van der Waals surface area (Å²) in [7, 11) is 0. The lowest BCUT2D eigenvalue weighted by molar-refractivity contribution is -0.121. The van der Waals surface area contributed by atoms with E-state index in [1.807, 2.05) is 36.4 Å². The maximum Gasteiger partial charge on any atom is 0.237 e. The number of nitrogens with one attached hydrogen (secondary N) is 1. The Kier molecular flexibility index (Phi) is 6.85. The molecular formula is C23H28N2O3S. The maximum absolute atomic E-state index is 12.2. The van der Waals surface area contributed by atoms with E-state index in [2.05, 4.69) is 38.2 Å². The zero-order valence-electron chi connectivity index (χ0n) is 17.2. The van der Waals surface area contributed by atoms with Gasteiger partial charge in [0, 0.05) is 17.9 Å². The predicted octanol–water partition coefficient (Wildman–Crippen LogP) is 4.01. The van der Waals surface area contributed by atoms with Crippen LogP contribution in [0.1, 0.15) is 32.8 Å². The fourth-order valence-electron chi connectivity index (χ4n) is 3.11. The second-order valence-electron chi connectivity index (χ2n) is 8.02. The molecule has 0 unspecified atom stereocenters. The van der Waals surface area contributed by atoms with Gasteiger partial charge in [-0.2, -0.15) is 0 Å². The number of carbonyl (C=O) groups excluding carboxylic acids is 2. The molecule has 29 heavy (non-hydrogen) atoms. The first-order valence-corrected chi connectivity index (χ1v) is 10.9. The summed E-state index contributed by atoms with van der Waals surface area (Å²) in [5.41, 5.74) is 2.26. The molecule has 6 heteroatoms. The van der Waals surface area contributed by atoms with Crippen molar-refractivity contribution in [2.45, 2.75) is 37.5 Å². The average Bonchev–Trinajstić information content (AvgIpc) is 2.70. The molecule has 0 aliphatic carbocycles. The number of rotatable bonds is 7. The quantitative estimate of drug-likeness (QED) is 0.698. The Bertz CT molecular complexity index is 859. The van der Waals surface area contributed by atoms with Gasteiger partial charge in [-0.15, -0.1) is 11.8 Å². The highest BCUT2D eigenvalue weighted by Crippen LogP contribution is 2.34. The molecule has 0 bridgehead atoms. The summed E-state index contributed by atoms with van der Waals surface area (Å²) in [4.78, 5) is 27.2. The van der Waals surface area contributed by atoms with Crippen LogP contribution in [0.15, 0.2) is 53.4 Å². The third-order valence-electron chi connectivity index (χ3n) is 4.78. The van der Waals surface area contributed by atoms with E-state index in [0.29, 0.717) is 25.4 Å². The number of carbonyl (C=O) groups is 2. The van der Waals surface area contributed by atoms with Gasteiger partial charge in [-0.25, -0.2) is 0 Å². The van der Waals surface area contributed by atoms with Crippen molar-refractivity contribution in [3.63, 3.8) is 0 Å². The van der Waals surface area contributed by atoms with E-state index < -0.39 is 0 Å². The van der Waals surface area contributed by atoms with E-state index in [-0.39, 0.29) is 23.7 Å². The SMILES string of the molecule is CC(C)(C)c1ccc(OCCNC(=O)CCN2C(=O)CSc3ccccc32)cc1. The second-order valence-corrected chi connectivity index (χ2v) is 9.04. The van der Waals surface area contributed by atoms with Crippen LogP contribution in [0.25, 0.3) is 0 Å². The zero-order valence-corrected chi connectivity index (χ0v) is 18.1. The summed E-state index contributed by atoms with van der Waals surface area (Å²) in [6.07, 6.45) is 0.269. The van der Waals surface area contributed by atoms with Crippen LogP contribution < -0.4 is 15.0 Å². The van der Waals surface area contributed by atoms with Crippen molar-refractivity contribution in [3.05, 3.63) is 54.1 Å². The van der Waals surface area contributed by atoms with Gasteiger partial charge in [0.1, 0.15) is 12.4 Å². The molecule has 0 atom stereocenters. The molecule has 0 saturated carbocycles. The molecule has 2 amide bonds. The van der Waals surface area contributed by atoms with E-state index in [1.54, 1.807) is 16.7 Å². The van der Waals surface area contributed by atoms with Crippen LogP contribution in [0.5, 0.6) is 5.75 Å². The largest absolute Gasteiger partial charge is 0.492 e. The van der Waals surface area contributed by atoms with Crippen molar-refractivity contribution in [2.75, 3.05) is 30.3 Å². The third kappa shape index (κ3) is 5.76. The lowest BCUT2D eigenvalue weighted by atomic mass is 9.87. The summed E-state index contributed by atoms with van der Waals surface area (Å²) >= 11 is 1.54. The highest BCUT2D eigenvalue weighted by molar-refractivity contribution is 8.00. The lowest BCUT2D eigenvalue weighted by Gasteiger charge is -2.28. The Morgan fingerprint density at radius 3 is 2.59 bits per heavy atom. The zero-order chi connectivity index (χ0) is 20.9. The molecule has 1 heterocycles. The van der Waals surface area contributed by atoms with Crippen molar-refractivity contribution in [2.24, 2.45) is 0 Å². The Morgan fingerprint density at radius 1 is 1.14 bits per heavy atom. The highest BCUT2D eigenvalue weighted by atomic mass is 32.2. The first-order valence-electron chi connectivity index (χ1n) is 9.87. The Labute approximate surface area is 176 Å². The normalized spacial score (nSPS) is 13.8. The van der Waals surface area contributed by atoms with E-state index in [1.165, 1.54) is 5.56 Å². The Balaban J connectivity index is 1.40. The van der Waals surface area contributed by atoms with Crippen LogP contribution in [0.2, 0.25) is 0 Å². The van der Waals surface area contributed by atoms with Gasteiger partial charge >= 0.3 is 0 Å². The Morgan fingerprint density at radius 2 is 1.86 bits per heavy atom. The highest BCUT2D eigenvalue weighted by Gasteiger charge is 2.24. The standard InChI is InChI=1S/C23H28N2O3S/c1-23(2,3)17-8-10-18(11-9-17)28-15-13-24-21(26)12-14-25-19-6-4-5-7-20(19)29-16-22(25)27/h4-11H,12-16H2,1-3H3,(H,24,26). The number of para-hydroxylation sites is 1. The number of amides is 2. The average molecular weight is 413 g/mol. The number of anilines is 1. The van der Waals surface area contributed by atoms with Gasteiger partial charge in [0.15, 0.2) is 0 Å². The van der Waals surface area contributed by atoms with E-state index in [0.717, 1.165) is 16.3 Å². The molecule has 0 fully saturated rings. The maximum atomic E-state index is 12.2. The monoisotopic (exact) mass is 412 g/mol. The minimum absolute atomic E-state index is 0.0449. The van der Waals surface area contributed by atoms with Gasteiger partial charge in [0.25, 0.3) is 0 Å². The van der Waals surface area contributed by atoms with Crippen molar-refractivity contribution in [1.82, 2.24) is 5.32 Å². The van der Waals surface area contributed by atoms with E-state index in [4.69, 9.17) is 4.74 Å². The summed E-state index contributed by atoms with van der Waals surface area (Å²) < 4.78 is 5.70. The second kappa shape index (κ2) is 9.35. The van der Waals surface area contributed by atoms with Gasteiger partial charge in [-0.05, 0) is 35.2 Å². The molecule has 1 aliphatic rings. The van der Waals surface area contributed by atoms with Gasteiger partial charge in [0.05, 0.1) is 18.0 Å². The topological polar surface area (TPSA) is 58.6 Å². The molecule has 154 valence electrons. The number of benzene rings is 2. The molecule has 0 saturated heterocycles. The fraction of sp³-hybridized carbons (Fsp3) is 0.391. The van der Waals surface area contributed by atoms with Gasteiger partial charge in [0.2, 0.25) is 11.8 Å². The van der Waals surface area contributed by atoms with E-state index in [9.17, 15) is 9.59 Å². The lowest BCUT2D eigenvalue weighted by Crippen LogP contribution is -2.39. The van der Waals surface area contributed by atoms with Crippen molar-refractivity contribution in [3.8, 4) is 5.75 Å². The van der Waals surface area contributed by atoms with Gasteiger partial charge in [-0.1, -0.05) is 45.0 Å². The fourth-order valence-corrected chi connectivity index (χ4v) is 4.05. The van der Waals surface area contributed by atoms with Crippen LogP contribution in [0, 0.1) is 0 Å². The minimum Gasteiger partial charge on any atom is -0.492 e. The predicted molar refractivity (Wildman–Crippen MR) is 118 cm³/mol. The van der Waals surface area contributed by atoms with Crippen LogP contribution in [-0.4, -0.2) is 37.3 Å². The number of thioether (sulfide) groups is 1.